The molecule has 1 aliphatic rings. The van der Waals surface area contributed by atoms with Gasteiger partial charge < -0.3 is 4.74 Å². The van der Waals surface area contributed by atoms with Crippen LogP contribution in [0.15, 0.2) is 0 Å². The molecule has 1 fully saturated rings. The summed E-state index contributed by atoms with van der Waals surface area (Å²) in [6.07, 6.45) is 0.199. The Morgan fingerprint density at radius 3 is 2.36 bits per heavy atom. The molecule has 1 heterocycles. The molecule has 0 radical (unpaired) electrons. The van der Waals surface area contributed by atoms with Gasteiger partial charge in [0.15, 0.2) is 0 Å². The SMILES string of the molecule is CCN1N[C@H](OC)[C@@H](C)C1C. The Kier molecular flexibility index (Phi) is 2.87. The van der Waals surface area contributed by atoms with Crippen molar-refractivity contribution in [3.63, 3.8) is 0 Å². The lowest BCUT2D eigenvalue weighted by molar-refractivity contribution is 0.0397. The highest BCUT2D eigenvalue weighted by Gasteiger charge is 2.34. The molecule has 1 saturated heterocycles. The maximum absolute atomic E-state index is 5.27. The highest BCUT2D eigenvalue weighted by atomic mass is 16.5. The summed E-state index contributed by atoms with van der Waals surface area (Å²) in [6.45, 7) is 7.61. The third-order valence-corrected chi connectivity index (χ3v) is 2.62. The lowest BCUT2D eigenvalue weighted by Gasteiger charge is -2.18. The number of hydrogen-bond acceptors (Lipinski definition) is 3. The van der Waals surface area contributed by atoms with Gasteiger partial charge >= 0.3 is 0 Å². The summed E-state index contributed by atoms with van der Waals surface area (Å²) in [5.74, 6) is 0.569. The summed E-state index contributed by atoms with van der Waals surface area (Å²) in [5.41, 5.74) is 3.30. The first-order valence-corrected chi connectivity index (χ1v) is 4.26. The normalized spacial score (nSPS) is 39.8. The van der Waals surface area contributed by atoms with Gasteiger partial charge in [-0.25, -0.2) is 10.4 Å². The molecule has 66 valence electrons. The average Bonchev–Trinajstić information content (AvgIpc) is 2.30. The number of nitrogens with one attached hydrogen (secondary N) is 1. The van der Waals surface area contributed by atoms with Crippen LogP contribution in [0, 0.1) is 5.92 Å². The highest BCUT2D eigenvalue weighted by molar-refractivity contribution is 4.81. The molecule has 0 aromatic carbocycles. The molecule has 1 N–H and O–H groups in total. The quantitative estimate of drug-likeness (QED) is 0.644. The van der Waals surface area contributed by atoms with Gasteiger partial charge in [0.25, 0.3) is 0 Å². The second-order valence-electron chi connectivity index (χ2n) is 3.17. The van der Waals surface area contributed by atoms with Gasteiger partial charge in [0.2, 0.25) is 0 Å². The summed E-state index contributed by atoms with van der Waals surface area (Å²) in [7, 11) is 1.75. The van der Waals surface area contributed by atoms with Gasteiger partial charge in [0.05, 0.1) is 0 Å². The summed E-state index contributed by atoms with van der Waals surface area (Å²) < 4.78 is 5.27. The van der Waals surface area contributed by atoms with E-state index in [9.17, 15) is 0 Å². The van der Waals surface area contributed by atoms with Gasteiger partial charge in [0, 0.05) is 25.6 Å². The second-order valence-corrected chi connectivity index (χ2v) is 3.17. The van der Waals surface area contributed by atoms with E-state index in [-0.39, 0.29) is 6.23 Å². The predicted molar refractivity (Wildman–Crippen MR) is 44.9 cm³/mol. The maximum atomic E-state index is 5.27. The van der Waals surface area contributed by atoms with Crippen LogP contribution in [0.5, 0.6) is 0 Å². The van der Waals surface area contributed by atoms with E-state index in [2.05, 4.69) is 31.2 Å². The van der Waals surface area contributed by atoms with Gasteiger partial charge in [-0.1, -0.05) is 13.8 Å². The van der Waals surface area contributed by atoms with Crippen LogP contribution in [-0.2, 0) is 4.74 Å². The van der Waals surface area contributed by atoms with Crippen molar-refractivity contribution in [2.45, 2.75) is 33.0 Å². The van der Waals surface area contributed by atoms with Crippen molar-refractivity contribution in [2.75, 3.05) is 13.7 Å². The van der Waals surface area contributed by atoms with Crippen LogP contribution < -0.4 is 5.43 Å². The van der Waals surface area contributed by atoms with Crippen molar-refractivity contribution < 1.29 is 4.74 Å². The Bertz CT molecular complexity index is 111. The Morgan fingerprint density at radius 1 is 1.45 bits per heavy atom. The van der Waals surface area contributed by atoms with E-state index in [1.54, 1.807) is 7.11 Å². The molecule has 0 aromatic heterocycles. The van der Waals surface area contributed by atoms with E-state index in [0.29, 0.717) is 12.0 Å². The minimum atomic E-state index is 0.199. The largest absolute Gasteiger partial charge is 0.365 e. The highest BCUT2D eigenvalue weighted by Crippen LogP contribution is 2.20. The number of methoxy groups -OCH3 is 1. The lowest BCUT2D eigenvalue weighted by atomic mass is 10.0. The zero-order valence-electron chi connectivity index (χ0n) is 7.79. The molecule has 0 aliphatic carbocycles. The van der Waals surface area contributed by atoms with Gasteiger partial charge in [-0.3, -0.25) is 0 Å². The Morgan fingerprint density at radius 2 is 2.09 bits per heavy atom. The summed E-state index contributed by atoms with van der Waals surface area (Å²) in [4.78, 5) is 0. The monoisotopic (exact) mass is 158 g/mol. The number of rotatable bonds is 2. The first-order chi connectivity index (χ1) is 5.20. The van der Waals surface area contributed by atoms with E-state index in [1.165, 1.54) is 0 Å². The van der Waals surface area contributed by atoms with Crippen LogP contribution in [0.2, 0.25) is 0 Å². The Balaban J connectivity index is 2.53. The van der Waals surface area contributed by atoms with Gasteiger partial charge in [-0.2, -0.15) is 0 Å². The first kappa shape index (κ1) is 8.97. The number of hydrazine groups is 1. The van der Waals surface area contributed by atoms with Crippen molar-refractivity contribution >= 4 is 0 Å². The minimum Gasteiger partial charge on any atom is -0.365 e. The molecule has 0 bridgehead atoms. The zero-order valence-corrected chi connectivity index (χ0v) is 7.79. The number of hydrogen-bond donors (Lipinski definition) is 1. The Hall–Kier alpha value is -0.120. The fraction of sp³-hybridized carbons (Fsp3) is 1.00. The third kappa shape index (κ3) is 1.55. The van der Waals surface area contributed by atoms with Crippen molar-refractivity contribution in [3.8, 4) is 0 Å². The van der Waals surface area contributed by atoms with Crippen molar-refractivity contribution in [1.29, 1.82) is 0 Å². The van der Waals surface area contributed by atoms with E-state index >= 15 is 0 Å². The van der Waals surface area contributed by atoms with Crippen LogP contribution in [0.4, 0.5) is 0 Å². The van der Waals surface area contributed by atoms with Crippen LogP contribution in [-0.4, -0.2) is 30.9 Å². The molecular formula is C8H18N2O. The van der Waals surface area contributed by atoms with E-state index in [4.69, 9.17) is 4.74 Å². The lowest BCUT2D eigenvalue weighted by Crippen LogP contribution is -2.38. The van der Waals surface area contributed by atoms with E-state index < -0.39 is 0 Å². The van der Waals surface area contributed by atoms with Crippen LogP contribution in [0.1, 0.15) is 20.8 Å². The van der Waals surface area contributed by atoms with Crippen LogP contribution in [0.25, 0.3) is 0 Å². The molecule has 1 rings (SSSR count). The summed E-state index contributed by atoms with van der Waals surface area (Å²) in [6, 6.07) is 0.574. The fourth-order valence-electron chi connectivity index (χ4n) is 1.58. The van der Waals surface area contributed by atoms with Crippen molar-refractivity contribution in [2.24, 2.45) is 5.92 Å². The van der Waals surface area contributed by atoms with Crippen LogP contribution >= 0.6 is 0 Å². The average molecular weight is 158 g/mol. The number of ether oxygens (including phenoxy) is 1. The molecule has 3 atom stereocenters. The van der Waals surface area contributed by atoms with E-state index in [0.717, 1.165) is 6.54 Å². The molecule has 11 heavy (non-hydrogen) atoms. The van der Waals surface area contributed by atoms with Crippen LogP contribution in [0.3, 0.4) is 0 Å². The Labute approximate surface area is 68.7 Å². The summed E-state index contributed by atoms with van der Waals surface area (Å²) in [5, 5.41) is 2.22. The van der Waals surface area contributed by atoms with Gasteiger partial charge in [-0.05, 0) is 6.92 Å². The minimum absolute atomic E-state index is 0.199. The molecule has 0 aromatic rings. The van der Waals surface area contributed by atoms with Gasteiger partial charge in [0.1, 0.15) is 6.23 Å². The van der Waals surface area contributed by atoms with Crippen molar-refractivity contribution in [1.82, 2.24) is 10.4 Å². The predicted octanol–water partition coefficient (Wildman–Crippen LogP) is 0.824. The molecule has 0 amide bonds. The third-order valence-electron chi connectivity index (χ3n) is 2.62. The summed E-state index contributed by atoms with van der Waals surface area (Å²) >= 11 is 0. The standard InChI is InChI=1S/C8H18N2O/c1-5-10-7(3)6(2)8(9-10)11-4/h6-9H,5H2,1-4H3/t6-,7?,8+/m0/s1. The second kappa shape index (κ2) is 3.52. The molecule has 0 spiro atoms. The fourth-order valence-corrected chi connectivity index (χ4v) is 1.58. The molecule has 1 aliphatic heterocycles. The van der Waals surface area contributed by atoms with Gasteiger partial charge in [-0.15, -0.1) is 0 Å². The molecule has 3 nitrogen and oxygen atoms in total. The van der Waals surface area contributed by atoms with E-state index in [1.807, 2.05) is 0 Å². The molecular weight excluding hydrogens is 140 g/mol. The molecule has 1 unspecified atom stereocenters. The zero-order chi connectivity index (χ0) is 8.43. The number of nitrogens with zero attached hydrogens (tertiary/aromatic N) is 1. The topological polar surface area (TPSA) is 24.5 Å². The molecule has 0 saturated carbocycles. The van der Waals surface area contributed by atoms with Crippen molar-refractivity contribution in [3.05, 3.63) is 0 Å². The smallest absolute Gasteiger partial charge is 0.124 e. The maximum Gasteiger partial charge on any atom is 0.124 e. The molecule has 3 heteroatoms. The first-order valence-electron chi connectivity index (χ1n) is 4.26.